The molecular formula is C18H16N2O2. The largest absolute Gasteiger partial charge is 0.497 e. The van der Waals surface area contributed by atoms with E-state index in [0.29, 0.717) is 5.56 Å². The fraction of sp³-hybridized carbons (Fsp3) is 0.111. The zero-order valence-corrected chi connectivity index (χ0v) is 12.5. The van der Waals surface area contributed by atoms with Gasteiger partial charge in [0, 0.05) is 10.9 Å². The predicted molar refractivity (Wildman–Crippen MR) is 87.0 cm³/mol. The Morgan fingerprint density at radius 3 is 2.41 bits per heavy atom. The molecule has 0 aliphatic rings. The Labute approximate surface area is 128 Å². The summed E-state index contributed by atoms with van der Waals surface area (Å²) in [6, 6.07) is 15.1. The second-order valence-corrected chi connectivity index (χ2v) is 5.07. The van der Waals surface area contributed by atoms with Crippen LogP contribution in [0.2, 0.25) is 0 Å². The Balaban J connectivity index is 2.29. The first-order valence-electron chi connectivity index (χ1n) is 6.95. The van der Waals surface area contributed by atoms with Gasteiger partial charge < -0.3 is 10.5 Å². The SMILES string of the molecule is COc1ccc(-c2nc3ccccc3c(C(N)=O)c2C)cc1. The summed E-state index contributed by atoms with van der Waals surface area (Å²) in [6.07, 6.45) is 0. The molecule has 1 heterocycles. The first-order chi connectivity index (χ1) is 10.6. The predicted octanol–water partition coefficient (Wildman–Crippen LogP) is 3.32. The van der Waals surface area contributed by atoms with Gasteiger partial charge in [-0.05, 0) is 42.8 Å². The fourth-order valence-electron chi connectivity index (χ4n) is 2.65. The molecule has 0 aliphatic heterocycles. The second-order valence-electron chi connectivity index (χ2n) is 5.07. The van der Waals surface area contributed by atoms with Crippen molar-refractivity contribution in [3.63, 3.8) is 0 Å². The van der Waals surface area contributed by atoms with Crippen LogP contribution in [0.15, 0.2) is 48.5 Å². The third-order valence-corrected chi connectivity index (χ3v) is 3.75. The Bertz CT molecular complexity index is 855. The van der Waals surface area contributed by atoms with Crippen LogP contribution in [0.3, 0.4) is 0 Å². The number of nitrogens with zero attached hydrogens (tertiary/aromatic N) is 1. The molecule has 3 aromatic rings. The van der Waals surface area contributed by atoms with Gasteiger partial charge in [-0.2, -0.15) is 0 Å². The molecule has 1 aromatic heterocycles. The van der Waals surface area contributed by atoms with E-state index < -0.39 is 5.91 Å². The van der Waals surface area contributed by atoms with Crippen LogP contribution < -0.4 is 10.5 Å². The van der Waals surface area contributed by atoms with Gasteiger partial charge in [-0.15, -0.1) is 0 Å². The number of primary amides is 1. The molecule has 0 aliphatic carbocycles. The molecule has 110 valence electrons. The summed E-state index contributed by atoms with van der Waals surface area (Å²) in [5.41, 5.74) is 9.34. The molecule has 1 amide bonds. The number of methoxy groups -OCH3 is 1. The number of para-hydroxylation sites is 1. The van der Waals surface area contributed by atoms with Crippen molar-refractivity contribution in [2.45, 2.75) is 6.92 Å². The normalized spacial score (nSPS) is 10.6. The van der Waals surface area contributed by atoms with Crippen molar-refractivity contribution in [2.24, 2.45) is 5.73 Å². The van der Waals surface area contributed by atoms with Crippen molar-refractivity contribution in [2.75, 3.05) is 7.11 Å². The van der Waals surface area contributed by atoms with Gasteiger partial charge in [0.05, 0.1) is 23.9 Å². The molecule has 0 fully saturated rings. The average molecular weight is 292 g/mol. The van der Waals surface area contributed by atoms with Gasteiger partial charge in [-0.1, -0.05) is 18.2 Å². The van der Waals surface area contributed by atoms with Crippen LogP contribution in [0.4, 0.5) is 0 Å². The van der Waals surface area contributed by atoms with Crippen molar-refractivity contribution in [1.82, 2.24) is 4.98 Å². The number of rotatable bonds is 3. The van der Waals surface area contributed by atoms with E-state index in [1.807, 2.05) is 55.5 Å². The second kappa shape index (κ2) is 5.48. The van der Waals surface area contributed by atoms with Gasteiger partial charge in [0.2, 0.25) is 5.91 Å². The molecule has 0 saturated heterocycles. The van der Waals surface area contributed by atoms with Crippen LogP contribution in [0.1, 0.15) is 15.9 Å². The van der Waals surface area contributed by atoms with Crippen LogP contribution >= 0.6 is 0 Å². The Morgan fingerprint density at radius 2 is 1.77 bits per heavy atom. The zero-order valence-electron chi connectivity index (χ0n) is 12.5. The average Bonchev–Trinajstić information content (AvgIpc) is 2.54. The van der Waals surface area contributed by atoms with Crippen molar-refractivity contribution >= 4 is 16.8 Å². The van der Waals surface area contributed by atoms with Gasteiger partial charge >= 0.3 is 0 Å². The molecule has 0 radical (unpaired) electrons. The number of fused-ring (bicyclic) bond motifs is 1. The maximum absolute atomic E-state index is 11.9. The van der Waals surface area contributed by atoms with Crippen molar-refractivity contribution in [3.05, 3.63) is 59.7 Å². The lowest BCUT2D eigenvalue weighted by atomic mass is 9.97. The van der Waals surface area contributed by atoms with Gasteiger partial charge in [0.15, 0.2) is 0 Å². The molecule has 0 unspecified atom stereocenters. The monoisotopic (exact) mass is 292 g/mol. The summed E-state index contributed by atoms with van der Waals surface area (Å²) >= 11 is 0. The maximum atomic E-state index is 11.9. The van der Waals surface area contributed by atoms with E-state index in [1.165, 1.54) is 0 Å². The van der Waals surface area contributed by atoms with Gasteiger partial charge in [0.25, 0.3) is 0 Å². The van der Waals surface area contributed by atoms with E-state index in [4.69, 9.17) is 15.5 Å². The summed E-state index contributed by atoms with van der Waals surface area (Å²) in [7, 11) is 1.62. The fourth-order valence-corrected chi connectivity index (χ4v) is 2.65. The van der Waals surface area contributed by atoms with Crippen LogP contribution in [0, 0.1) is 6.92 Å². The highest BCUT2D eigenvalue weighted by atomic mass is 16.5. The van der Waals surface area contributed by atoms with Gasteiger partial charge in [-0.25, -0.2) is 4.98 Å². The van der Waals surface area contributed by atoms with Crippen molar-refractivity contribution < 1.29 is 9.53 Å². The Morgan fingerprint density at radius 1 is 1.09 bits per heavy atom. The Kier molecular flexibility index (Phi) is 3.51. The zero-order chi connectivity index (χ0) is 15.7. The number of benzene rings is 2. The molecule has 4 heteroatoms. The molecule has 0 atom stereocenters. The quantitative estimate of drug-likeness (QED) is 0.805. The molecule has 0 spiro atoms. The third-order valence-electron chi connectivity index (χ3n) is 3.75. The number of hydrogen-bond donors (Lipinski definition) is 1. The minimum atomic E-state index is -0.439. The van der Waals surface area contributed by atoms with Crippen molar-refractivity contribution in [1.29, 1.82) is 0 Å². The lowest BCUT2D eigenvalue weighted by molar-refractivity contribution is 0.100. The number of ether oxygens (including phenoxy) is 1. The van der Waals surface area contributed by atoms with Crippen LogP contribution in [-0.2, 0) is 0 Å². The molecule has 2 aromatic carbocycles. The molecule has 22 heavy (non-hydrogen) atoms. The standard InChI is InChI=1S/C18H16N2O2/c1-11-16(18(19)21)14-5-3-4-6-15(14)20-17(11)12-7-9-13(22-2)10-8-12/h3-10H,1-2H3,(H2,19,21). The van der Waals surface area contributed by atoms with E-state index >= 15 is 0 Å². The highest BCUT2D eigenvalue weighted by Gasteiger charge is 2.16. The smallest absolute Gasteiger partial charge is 0.249 e. The lowest BCUT2D eigenvalue weighted by Crippen LogP contribution is -2.14. The third kappa shape index (κ3) is 2.29. The van der Waals surface area contributed by atoms with Crippen molar-refractivity contribution in [3.8, 4) is 17.0 Å². The number of pyridine rings is 1. The number of hydrogen-bond acceptors (Lipinski definition) is 3. The maximum Gasteiger partial charge on any atom is 0.249 e. The van der Waals surface area contributed by atoms with E-state index in [9.17, 15) is 4.79 Å². The van der Waals surface area contributed by atoms with Gasteiger partial charge in [0.1, 0.15) is 5.75 Å². The number of carbonyl (C=O) groups is 1. The molecule has 3 rings (SSSR count). The number of amides is 1. The van der Waals surface area contributed by atoms with E-state index in [-0.39, 0.29) is 0 Å². The molecule has 2 N–H and O–H groups in total. The van der Waals surface area contributed by atoms with Crippen LogP contribution in [-0.4, -0.2) is 18.0 Å². The first kappa shape index (κ1) is 14.1. The van der Waals surface area contributed by atoms with Gasteiger partial charge in [-0.3, -0.25) is 4.79 Å². The number of carbonyl (C=O) groups excluding carboxylic acids is 1. The Hall–Kier alpha value is -2.88. The molecular weight excluding hydrogens is 276 g/mol. The first-order valence-corrected chi connectivity index (χ1v) is 6.95. The molecule has 4 nitrogen and oxygen atoms in total. The lowest BCUT2D eigenvalue weighted by Gasteiger charge is -2.12. The molecule has 0 bridgehead atoms. The number of aromatic nitrogens is 1. The van der Waals surface area contributed by atoms with Crippen LogP contribution in [0.25, 0.3) is 22.2 Å². The summed E-state index contributed by atoms with van der Waals surface area (Å²) in [6.45, 7) is 1.87. The van der Waals surface area contributed by atoms with E-state index in [1.54, 1.807) is 7.11 Å². The minimum absolute atomic E-state index is 0.439. The van der Waals surface area contributed by atoms with Crippen LogP contribution in [0.5, 0.6) is 5.75 Å². The highest BCUT2D eigenvalue weighted by Crippen LogP contribution is 2.30. The minimum Gasteiger partial charge on any atom is -0.497 e. The topological polar surface area (TPSA) is 65.2 Å². The van der Waals surface area contributed by atoms with E-state index in [2.05, 4.69) is 0 Å². The summed E-state index contributed by atoms with van der Waals surface area (Å²) in [5.74, 6) is 0.336. The summed E-state index contributed by atoms with van der Waals surface area (Å²) in [4.78, 5) is 16.6. The number of nitrogens with two attached hydrogens (primary N) is 1. The molecule has 0 saturated carbocycles. The highest BCUT2D eigenvalue weighted by molar-refractivity contribution is 6.08. The summed E-state index contributed by atoms with van der Waals surface area (Å²) in [5, 5.41) is 0.782. The summed E-state index contributed by atoms with van der Waals surface area (Å²) < 4.78 is 5.17. The van der Waals surface area contributed by atoms with E-state index in [0.717, 1.165) is 33.5 Å².